The largest absolute Gasteiger partial charge is 0.354 e. The lowest BCUT2D eigenvalue weighted by molar-refractivity contribution is -0.125. The molecule has 1 saturated heterocycles. The van der Waals surface area contributed by atoms with E-state index in [1.165, 1.54) is 12.6 Å². The zero-order chi connectivity index (χ0) is 17.6. The van der Waals surface area contributed by atoms with Gasteiger partial charge in [-0.25, -0.2) is 14.4 Å². The molecule has 25 heavy (non-hydrogen) atoms. The quantitative estimate of drug-likeness (QED) is 0.887. The fourth-order valence-electron chi connectivity index (χ4n) is 4.40. The monoisotopic (exact) mass is 347 g/mol. The van der Waals surface area contributed by atoms with Crippen LogP contribution >= 0.6 is 0 Å². The zero-order valence-corrected chi connectivity index (χ0v) is 14.9. The number of aryl methyl sites for hydroxylation is 1. The van der Waals surface area contributed by atoms with Gasteiger partial charge < -0.3 is 15.1 Å². The van der Waals surface area contributed by atoms with Gasteiger partial charge in [0.15, 0.2) is 11.6 Å². The van der Waals surface area contributed by atoms with Crippen molar-refractivity contribution in [2.45, 2.75) is 32.2 Å². The van der Waals surface area contributed by atoms with Crippen molar-refractivity contribution in [1.82, 2.24) is 20.2 Å². The fourth-order valence-corrected chi connectivity index (χ4v) is 4.40. The van der Waals surface area contributed by atoms with Gasteiger partial charge >= 0.3 is 0 Å². The van der Waals surface area contributed by atoms with Crippen LogP contribution in [-0.4, -0.2) is 60.0 Å². The number of hydrogen-bond donors (Lipinski definition) is 1. The first-order valence-corrected chi connectivity index (χ1v) is 9.23. The first-order chi connectivity index (χ1) is 12.0. The second-order valence-electron chi connectivity index (χ2n) is 7.87. The van der Waals surface area contributed by atoms with Gasteiger partial charge in [-0.15, -0.1) is 0 Å². The molecule has 7 heteroatoms. The Balaban J connectivity index is 1.43. The molecular formula is C18H26FN5O. The number of nitrogens with zero attached hydrogens (tertiary/aromatic N) is 4. The lowest BCUT2D eigenvalue weighted by atomic mass is 10.0. The van der Waals surface area contributed by atoms with E-state index in [1.54, 1.807) is 6.92 Å². The van der Waals surface area contributed by atoms with Crippen molar-refractivity contribution in [3.8, 4) is 0 Å². The zero-order valence-electron chi connectivity index (χ0n) is 14.9. The SMILES string of the molecule is Cc1ncc(F)c(N2CCN(C)CC2CNC(=O)C2C[C@@H]3C[C@@H]3C2)n1. The number of carbonyl (C=O) groups excluding carboxylic acids is 1. The summed E-state index contributed by atoms with van der Waals surface area (Å²) in [5.41, 5.74) is 0. The molecule has 1 aliphatic heterocycles. The Morgan fingerprint density at radius 3 is 2.84 bits per heavy atom. The van der Waals surface area contributed by atoms with Crippen LogP contribution in [0.25, 0.3) is 0 Å². The Bertz CT molecular complexity index is 659. The number of aromatic nitrogens is 2. The van der Waals surface area contributed by atoms with Crippen LogP contribution in [0.1, 0.15) is 25.1 Å². The van der Waals surface area contributed by atoms with Gasteiger partial charge in [0.05, 0.1) is 12.2 Å². The van der Waals surface area contributed by atoms with Gasteiger partial charge in [0.25, 0.3) is 0 Å². The van der Waals surface area contributed by atoms with E-state index in [9.17, 15) is 9.18 Å². The van der Waals surface area contributed by atoms with Crippen molar-refractivity contribution in [2.75, 3.05) is 38.1 Å². The molecule has 2 unspecified atom stereocenters. The number of likely N-dealkylation sites (N-methyl/N-ethyl adjacent to an activating group) is 1. The summed E-state index contributed by atoms with van der Waals surface area (Å²) in [7, 11) is 2.05. The third-order valence-electron chi connectivity index (χ3n) is 5.93. The van der Waals surface area contributed by atoms with Crippen molar-refractivity contribution >= 4 is 11.7 Å². The van der Waals surface area contributed by atoms with Gasteiger partial charge in [-0.3, -0.25) is 4.79 Å². The molecular weight excluding hydrogens is 321 g/mol. The van der Waals surface area contributed by atoms with E-state index in [-0.39, 0.29) is 17.9 Å². The summed E-state index contributed by atoms with van der Waals surface area (Å²) in [5, 5.41) is 3.12. The van der Waals surface area contributed by atoms with Crippen LogP contribution in [0.3, 0.4) is 0 Å². The van der Waals surface area contributed by atoms with Crippen LogP contribution in [0.2, 0.25) is 0 Å². The number of piperazine rings is 1. The van der Waals surface area contributed by atoms with Crippen LogP contribution in [0, 0.1) is 30.5 Å². The second kappa shape index (κ2) is 6.52. The predicted molar refractivity (Wildman–Crippen MR) is 92.7 cm³/mol. The molecule has 1 amide bonds. The Morgan fingerprint density at radius 1 is 1.32 bits per heavy atom. The summed E-state index contributed by atoms with van der Waals surface area (Å²) in [6.45, 7) is 4.61. The minimum absolute atomic E-state index is 0.0161. The molecule has 3 fully saturated rings. The van der Waals surface area contributed by atoms with Crippen molar-refractivity contribution in [3.05, 3.63) is 17.8 Å². The maximum absolute atomic E-state index is 14.2. The van der Waals surface area contributed by atoms with Crippen LogP contribution in [0.5, 0.6) is 0 Å². The maximum Gasteiger partial charge on any atom is 0.223 e. The van der Waals surface area contributed by atoms with Gasteiger partial charge in [-0.1, -0.05) is 0 Å². The van der Waals surface area contributed by atoms with Crippen LogP contribution in [0.15, 0.2) is 6.20 Å². The minimum atomic E-state index is -0.401. The summed E-state index contributed by atoms with van der Waals surface area (Å²) < 4.78 is 14.2. The summed E-state index contributed by atoms with van der Waals surface area (Å²) in [4.78, 5) is 24.9. The number of halogens is 1. The van der Waals surface area contributed by atoms with Crippen LogP contribution in [0.4, 0.5) is 10.2 Å². The molecule has 3 aliphatic rings. The smallest absolute Gasteiger partial charge is 0.223 e. The van der Waals surface area contributed by atoms with Gasteiger partial charge in [0.2, 0.25) is 5.91 Å². The van der Waals surface area contributed by atoms with E-state index < -0.39 is 5.82 Å². The Hall–Kier alpha value is -1.76. The number of anilines is 1. The first-order valence-electron chi connectivity index (χ1n) is 9.23. The molecule has 136 valence electrons. The average molecular weight is 347 g/mol. The summed E-state index contributed by atoms with van der Waals surface area (Å²) >= 11 is 0. The lowest BCUT2D eigenvalue weighted by Gasteiger charge is -2.41. The molecule has 1 aromatic rings. The lowest BCUT2D eigenvalue weighted by Crippen LogP contribution is -2.57. The third kappa shape index (κ3) is 3.47. The number of rotatable bonds is 4. The number of hydrogen-bond acceptors (Lipinski definition) is 5. The van der Waals surface area contributed by atoms with Crippen molar-refractivity contribution in [3.63, 3.8) is 0 Å². The molecule has 1 N–H and O–H groups in total. The highest BCUT2D eigenvalue weighted by atomic mass is 19.1. The number of nitrogens with one attached hydrogen (secondary N) is 1. The van der Waals surface area contributed by atoms with Crippen molar-refractivity contribution in [1.29, 1.82) is 0 Å². The molecule has 0 aromatic carbocycles. The van der Waals surface area contributed by atoms with Crippen LogP contribution < -0.4 is 10.2 Å². The van der Waals surface area contributed by atoms with Gasteiger partial charge in [0.1, 0.15) is 5.82 Å². The Labute approximate surface area is 147 Å². The van der Waals surface area contributed by atoms with E-state index in [4.69, 9.17) is 0 Å². The second-order valence-corrected chi connectivity index (χ2v) is 7.87. The Morgan fingerprint density at radius 2 is 2.08 bits per heavy atom. The standard InChI is InChI=1S/C18H26FN5O/c1-11-20-9-16(19)17(22-11)24-4-3-23(2)10-15(24)8-21-18(25)14-6-12-5-13(12)7-14/h9,12-15H,3-8,10H2,1-2H3,(H,21,25)/t12-,13+,14?,15?. The van der Waals surface area contributed by atoms with Gasteiger partial charge in [-0.2, -0.15) is 0 Å². The average Bonchev–Trinajstić information content (AvgIpc) is 3.20. The first kappa shape index (κ1) is 16.7. The molecule has 2 aliphatic carbocycles. The summed E-state index contributed by atoms with van der Waals surface area (Å²) in [6.07, 6.45) is 4.64. The molecule has 4 rings (SSSR count). The van der Waals surface area contributed by atoms with E-state index in [1.807, 2.05) is 4.90 Å². The van der Waals surface area contributed by atoms with E-state index >= 15 is 0 Å². The van der Waals surface area contributed by atoms with Crippen molar-refractivity contribution in [2.24, 2.45) is 17.8 Å². The molecule has 0 radical (unpaired) electrons. The van der Waals surface area contributed by atoms with E-state index in [0.29, 0.717) is 24.7 Å². The van der Waals surface area contributed by atoms with Crippen LogP contribution in [-0.2, 0) is 4.79 Å². The highest BCUT2D eigenvalue weighted by Gasteiger charge is 2.48. The molecule has 2 saturated carbocycles. The van der Waals surface area contributed by atoms with E-state index in [2.05, 4.69) is 27.2 Å². The van der Waals surface area contributed by atoms with E-state index in [0.717, 1.165) is 37.8 Å². The number of fused-ring (bicyclic) bond motifs is 1. The topological polar surface area (TPSA) is 61.4 Å². The fraction of sp³-hybridized carbons (Fsp3) is 0.722. The highest BCUT2D eigenvalue weighted by Crippen LogP contribution is 2.54. The maximum atomic E-state index is 14.2. The molecule has 4 atom stereocenters. The third-order valence-corrected chi connectivity index (χ3v) is 5.93. The molecule has 1 aromatic heterocycles. The number of amides is 1. The molecule has 6 nitrogen and oxygen atoms in total. The molecule has 2 heterocycles. The summed E-state index contributed by atoms with van der Waals surface area (Å²) in [6, 6.07) is 0.0161. The predicted octanol–water partition coefficient (Wildman–Crippen LogP) is 1.21. The normalized spacial score (nSPS) is 31.7. The van der Waals surface area contributed by atoms with Crippen molar-refractivity contribution < 1.29 is 9.18 Å². The minimum Gasteiger partial charge on any atom is -0.354 e. The highest BCUT2D eigenvalue weighted by molar-refractivity contribution is 5.79. The number of carbonyl (C=O) groups is 1. The molecule has 0 bridgehead atoms. The van der Waals surface area contributed by atoms with Gasteiger partial charge in [-0.05, 0) is 45.1 Å². The Kier molecular flexibility index (Phi) is 4.35. The molecule has 0 spiro atoms. The van der Waals surface area contributed by atoms with Gasteiger partial charge in [0, 0.05) is 32.1 Å². The summed E-state index contributed by atoms with van der Waals surface area (Å²) in [5.74, 6) is 2.45.